The summed E-state index contributed by atoms with van der Waals surface area (Å²) in [5.41, 5.74) is 0. The van der Waals surface area contributed by atoms with Gasteiger partial charge in [0, 0.05) is 12.3 Å². The third-order valence-corrected chi connectivity index (χ3v) is 1.18. The topological polar surface area (TPSA) is 35.0 Å². The van der Waals surface area contributed by atoms with E-state index in [1.807, 2.05) is 13.8 Å². The fourth-order valence-electron chi connectivity index (χ4n) is 0.707. The van der Waals surface area contributed by atoms with Crippen LogP contribution in [0, 0.1) is 0 Å². The molecule has 0 spiro atoms. The molecule has 0 aliphatic heterocycles. The third kappa shape index (κ3) is 4.62. The first-order valence-corrected chi connectivity index (χ1v) is 4.57. The van der Waals surface area contributed by atoms with E-state index < -0.39 is 12.0 Å². The molecule has 1 heterocycles. The molecule has 0 atom stereocenters. The molecule has 15 heavy (non-hydrogen) atoms. The fraction of sp³-hybridized carbons (Fsp3) is 0.556. The highest BCUT2D eigenvalue weighted by atomic mass is 19.4. The molecule has 86 valence electrons. The lowest BCUT2D eigenvalue weighted by molar-refractivity contribution is -0.145. The average molecular weight is 222 g/mol. The molecule has 0 N–H and O–H groups in total. The SMILES string of the molecule is CC.CCOc1ccnc(C(F)(F)F)n1. The van der Waals surface area contributed by atoms with Crippen LogP contribution in [0.1, 0.15) is 26.6 Å². The van der Waals surface area contributed by atoms with Crippen molar-refractivity contribution < 1.29 is 17.9 Å². The molecule has 0 unspecified atom stereocenters. The van der Waals surface area contributed by atoms with Crippen LogP contribution in [0.5, 0.6) is 5.88 Å². The number of halogens is 3. The summed E-state index contributed by atoms with van der Waals surface area (Å²) in [4.78, 5) is 6.25. The molecule has 0 saturated carbocycles. The summed E-state index contributed by atoms with van der Waals surface area (Å²) in [6.45, 7) is 5.93. The fourth-order valence-corrected chi connectivity index (χ4v) is 0.707. The Morgan fingerprint density at radius 1 is 1.33 bits per heavy atom. The quantitative estimate of drug-likeness (QED) is 0.771. The summed E-state index contributed by atoms with van der Waals surface area (Å²) < 4.78 is 40.9. The van der Waals surface area contributed by atoms with Gasteiger partial charge in [0.2, 0.25) is 11.7 Å². The van der Waals surface area contributed by atoms with Crippen LogP contribution in [0.3, 0.4) is 0 Å². The van der Waals surface area contributed by atoms with E-state index in [9.17, 15) is 13.2 Å². The minimum atomic E-state index is -4.52. The van der Waals surface area contributed by atoms with Crippen molar-refractivity contribution >= 4 is 0 Å². The predicted octanol–water partition coefficient (Wildman–Crippen LogP) is 2.92. The molecular weight excluding hydrogens is 209 g/mol. The highest BCUT2D eigenvalue weighted by Gasteiger charge is 2.34. The van der Waals surface area contributed by atoms with E-state index in [-0.39, 0.29) is 12.5 Å². The van der Waals surface area contributed by atoms with Gasteiger partial charge in [0.25, 0.3) is 0 Å². The summed E-state index contributed by atoms with van der Waals surface area (Å²) >= 11 is 0. The van der Waals surface area contributed by atoms with Crippen molar-refractivity contribution in [2.24, 2.45) is 0 Å². The number of nitrogens with zero attached hydrogens (tertiary/aromatic N) is 2. The van der Waals surface area contributed by atoms with E-state index in [0.717, 1.165) is 6.20 Å². The van der Waals surface area contributed by atoms with Gasteiger partial charge in [-0.25, -0.2) is 4.98 Å². The zero-order valence-corrected chi connectivity index (χ0v) is 8.80. The van der Waals surface area contributed by atoms with E-state index in [1.165, 1.54) is 6.07 Å². The van der Waals surface area contributed by atoms with Crippen molar-refractivity contribution in [1.29, 1.82) is 0 Å². The van der Waals surface area contributed by atoms with E-state index in [4.69, 9.17) is 4.74 Å². The van der Waals surface area contributed by atoms with Crippen LogP contribution >= 0.6 is 0 Å². The first kappa shape index (κ1) is 13.7. The Balaban J connectivity index is 0.000000921. The number of aromatic nitrogens is 2. The largest absolute Gasteiger partial charge is 0.478 e. The molecule has 6 heteroatoms. The van der Waals surface area contributed by atoms with Crippen molar-refractivity contribution in [3.05, 3.63) is 18.1 Å². The standard InChI is InChI=1S/C7H7F3N2O.C2H6/c1-2-13-5-3-4-11-6(12-5)7(8,9)10;1-2/h3-4H,2H2,1H3;1-2H3. The Labute approximate surface area is 86.3 Å². The zero-order chi connectivity index (χ0) is 11.9. The van der Waals surface area contributed by atoms with Crippen molar-refractivity contribution in [3.63, 3.8) is 0 Å². The Hall–Kier alpha value is -1.33. The molecule has 0 fully saturated rings. The minimum Gasteiger partial charge on any atom is -0.478 e. The van der Waals surface area contributed by atoms with Gasteiger partial charge in [-0.3, -0.25) is 0 Å². The van der Waals surface area contributed by atoms with Crippen LogP contribution in [-0.4, -0.2) is 16.6 Å². The first-order valence-electron chi connectivity index (χ1n) is 4.57. The normalized spacial score (nSPS) is 10.3. The lowest BCUT2D eigenvalue weighted by Gasteiger charge is -2.06. The molecule has 0 aromatic carbocycles. The molecule has 0 radical (unpaired) electrons. The molecule has 3 nitrogen and oxygen atoms in total. The Kier molecular flexibility index (Phi) is 5.66. The molecule has 1 aromatic heterocycles. The molecule has 0 saturated heterocycles. The first-order chi connectivity index (χ1) is 7.04. The maximum Gasteiger partial charge on any atom is 0.451 e. The van der Waals surface area contributed by atoms with Crippen LogP contribution in [-0.2, 0) is 6.18 Å². The molecule has 0 aliphatic rings. The highest BCUT2D eigenvalue weighted by Crippen LogP contribution is 2.26. The number of rotatable bonds is 2. The minimum absolute atomic E-state index is 0.0650. The third-order valence-electron chi connectivity index (χ3n) is 1.18. The van der Waals surface area contributed by atoms with Crippen LogP contribution in [0.15, 0.2) is 12.3 Å². The van der Waals surface area contributed by atoms with Gasteiger partial charge in [0.05, 0.1) is 6.61 Å². The second-order valence-corrected chi connectivity index (χ2v) is 2.15. The maximum absolute atomic E-state index is 12.0. The average Bonchev–Trinajstić information content (AvgIpc) is 2.21. The Morgan fingerprint density at radius 3 is 2.40 bits per heavy atom. The van der Waals surface area contributed by atoms with Crippen LogP contribution in [0.4, 0.5) is 13.2 Å². The Morgan fingerprint density at radius 2 is 1.93 bits per heavy atom. The highest BCUT2D eigenvalue weighted by molar-refractivity contribution is 5.09. The summed E-state index contributed by atoms with van der Waals surface area (Å²) in [5.74, 6) is -1.25. The number of alkyl halides is 3. The summed E-state index contributed by atoms with van der Waals surface area (Å²) in [7, 11) is 0. The maximum atomic E-state index is 12.0. The van der Waals surface area contributed by atoms with Crippen molar-refractivity contribution in [1.82, 2.24) is 9.97 Å². The number of hydrogen-bond donors (Lipinski definition) is 0. The van der Waals surface area contributed by atoms with Gasteiger partial charge in [0.1, 0.15) is 0 Å². The number of hydrogen-bond acceptors (Lipinski definition) is 3. The summed E-state index contributed by atoms with van der Waals surface area (Å²) in [6.07, 6.45) is -3.51. The van der Waals surface area contributed by atoms with Gasteiger partial charge in [-0.15, -0.1) is 0 Å². The number of ether oxygens (including phenoxy) is 1. The summed E-state index contributed by atoms with van der Waals surface area (Å²) in [6, 6.07) is 1.28. The lowest BCUT2D eigenvalue weighted by atomic mass is 10.5. The second kappa shape index (κ2) is 6.21. The van der Waals surface area contributed by atoms with Crippen LogP contribution in [0.2, 0.25) is 0 Å². The van der Waals surface area contributed by atoms with Crippen molar-refractivity contribution in [2.75, 3.05) is 6.61 Å². The van der Waals surface area contributed by atoms with E-state index in [0.29, 0.717) is 0 Å². The van der Waals surface area contributed by atoms with Crippen molar-refractivity contribution in [2.45, 2.75) is 26.9 Å². The predicted molar refractivity (Wildman–Crippen MR) is 49.6 cm³/mol. The van der Waals surface area contributed by atoms with E-state index in [1.54, 1.807) is 6.92 Å². The van der Waals surface area contributed by atoms with E-state index in [2.05, 4.69) is 9.97 Å². The van der Waals surface area contributed by atoms with Gasteiger partial charge in [-0.2, -0.15) is 18.2 Å². The van der Waals surface area contributed by atoms with Crippen molar-refractivity contribution in [3.8, 4) is 5.88 Å². The monoisotopic (exact) mass is 222 g/mol. The van der Waals surface area contributed by atoms with Crippen LogP contribution < -0.4 is 4.74 Å². The smallest absolute Gasteiger partial charge is 0.451 e. The van der Waals surface area contributed by atoms with Gasteiger partial charge in [-0.1, -0.05) is 13.8 Å². The van der Waals surface area contributed by atoms with Gasteiger partial charge in [-0.05, 0) is 6.92 Å². The molecule has 0 amide bonds. The lowest BCUT2D eigenvalue weighted by Crippen LogP contribution is -2.11. The van der Waals surface area contributed by atoms with Gasteiger partial charge in [0.15, 0.2) is 0 Å². The van der Waals surface area contributed by atoms with Gasteiger partial charge < -0.3 is 4.74 Å². The molecule has 0 aliphatic carbocycles. The molecule has 1 rings (SSSR count). The second-order valence-electron chi connectivity index (χ2n) is 2.15. The van der Waals surface area contributed by atoms with Gasteiger partial charge >= 0.3 is 6.18 Å². The summed E-state index contributed by atoms with van der Waals surface area (Å²) in [5, 5.41) is 0. The molecule has 0 bridgehead atoms. The molecule has 1 aromatic rings. The van der Waals surface area contributed by atoms with E-state index >= 15 is 0 Å². The Bertz CT molecular complexity index is 289. The van der Waals surface area contributed by atoms with Crippen LogP contribution in [0.25, 0.3) is 0 Å². The molecular formula is C9H13F3N2O. The zero-order valence-electron chi connectivity index (χ0n) is 8.80.